The summed E-state index contributed by atoms with van der Waals surface area (Å²) < 4.78 is 0. The minimum Gasteiger partial charge on any atom is -0.384 e. The zero-order valence-electron chi connectivity index (χ0n) is 12.5. The molecular formula is C17H25N3. The Balaban J connectivity index is 1.78. The Bertz CT molecular complexity index is 523. The Morgan fingerprint density at radius 1 is 1.35 bits per heavy atom. The monoisotopic (exact) mass is 271 g/mol. The van der Waals surface area contributed by atoms with Crippen molar-refractivity contribution in [2.75, 3.05) is 18.5 Å². The number of amidine groups is 1. The fraction of sp³-hybridized carbons (Fsp3) is 0.588. The van der Waals surface area contributed by atoms with Gasteiger partial charge in [0, 0.05) is 24.8 Å². The van der Waals surface area contributed by atoms with Crippen molar-refractivity contribution >= 4 is 11.5 Å². The van der Waals surface area contributed by atoms with Crippen LogP contribution in [0.5, 0.6) is 0 Å². The summed E-state index contributed by atoms with van der Waals surface area (Å²) >= 11 is 0. The number of rotatable bonds is 4. The van der Waals surface area contributed by atoms with Crippen LogP contribution in [0.4, 0.5) is 5.69 Å². The van der Waals surface area contributed by atoms with E-state index >= 15 is 0 Å². The minimum absolute atomic E-state index is 0.166. The number of nitrogen functional groups attached to an aromatic ring is 1. The van der Waals surface area contributed by atoms with Crippen molar-refractivity contribution in [2.24, 2.45) is 23.5 Å². The highest BCUT2D eigenvalue weighted by Gasteiger charge is 2.39. The Hall–Kier alpha value is -1.51. The number of hydrogen-bond acceptors (Lipinski definition) is 2. The number of nitrogens with one attached hydrogen (secondary N) is 1. The molecule has 3 rings (SSSR count). The lowest BCUT2D eigenvalue weighted by Gasteiger charge is -2.30. The van der Waals surface area contributed by atoms with Crippen LogP contribution in [0.2, 0.25) is 0 Å². The van der Waals surface area contributed by atoms with Gasteiger partial charge >= 0.3 is 0 Å². The number of aryl methyl sites for hydroxylation is 1. The van der Waals surface area contributed by atoms with Crippen LogP contribution in [0.15, 0.2) is 18.2 Å². The molecule has 3 unspecified atom stereocenters. The van der Waals surface area contributed by atoms with E-state index in [2.05, 4.69) is 24.9 Å². The predicted molar refractivity (Wildman–Crippen MR) is 84.4 cm³/mol. The van der Waals surface area contributed by atoms with Crippen molar-refractivity contribution < 1.29 is 0 Å². The van der Waals surface area contributed by atoms with E-state index in [1.165, 1.54) is 31.2 Å². The van der Waals surface area contributed by atoms with E-state index in [1.807, 2.05) is 12.1 Å². The standard InChI is InChI=1S/C17H25N3/c1-11-3-6-15(17(18)19)16(7-11)20(2)10-14-9-12-4-5-13(14)8-12/h3,6-7,12-14H,4-5,8-10H2,1-2H3,(H3,18,19). The van der Waals surface area contributed by atoms with E-state index in [4.69, 9.17) is 11.1 Å². The number of fused-ring (bicyclic) bond motifs is 2. The molecule has 2 aliphatic rings. The summed E-state index contributed by atoms with van der Waals surface area (Å²) in [4.78, 5) is 2.31. The number of anilines is 1. The van der Waals surface area contributed by atoms with Crippen molar-refractivity contribution in [3.8, 4) is 0 Å². The summed E-state index contributed by atoms with van der Waals surface area (Å²) in [5.74, 6) is 2.93. The molecule has 0 aromatic heterocycles. The van der Waals surface area contributed by atoms with E-state index in [1.54, 1.807) is 0 Å². The van der Waals surface area contributed by atoms with Crippen molar-refractivity contribution in [3.05, 3.63) is 29.3 Å². The van der Waals surface area contributed by atoms with Crippen LogP contribution < -0.4 is 10.6 Å². The molecule has 0 saturated heterocycles. The molecule has 3 atom stereocenters. The number of nitrogens with two attached hydrogens (primary N) is 1. The van der Waals surface area contributed by atoms with Crippen molar-refractivity contribution in [2.45, 2.75) is 32.6 Å². The van der Waals surface area contributed by atoms with Gasteiger partial charge in [-0.1, -0.05) is 12.5 Å². The highest BCUT2D eigenvalue weighted by molar-refractivity contribution is 6.00. The minimum atomic E-state index is 0.166. The molecule has 0 heterocycles. The second kappa shape index (κ2) is 5.12. The molecule has 1 aromatic rings. The lowest BCUT2D eigenvalue weighted by atomic mass is 9.88. The molecule has 2 aliphatic carbocycles. The van der Waals surface area contributed by atoms with E-state index in [0.717, 1.165) is 35.5 Å². The van der Waals surface area contributed by atoms with Crippen molar-refractivity contribution in [1.82, 2.24) is 0 Å². The van der Waals surface area contributed by atoms with Crippen LogP contribution >= 0.6 is 0 Å². The van der Waals surface area contributed by atoms with Gasteiger partial charge in [-0.05, 0) is 61.6 Å². The van der Waals surface area contributed by atoms with Gasteiger partial charge in [-0.3, -0.25) is 5.41 Å². The molecule has 3 N–H and O–H groups in total. The van der Waals surface area contributed by atoms with Crippen LogP contribution in [0.3, 0.4) is 0 Å². The van der Waals surface area contributed by atoms with Crippen LogP contribution in [-0.4, -0.2) is 19.4 Å². The summed E-state index contributed by atoms with van der Waals surface area (Å²) in [5.41, 5.74) is 8.93. The fourth-order valence-corrected chi connectivity index (χ4v) is 4.24. The van der Waals surface area contributed by atoms with E-state index in [9.17, 15) is 0 Å². The quantitative estimate of drug-likeness (QED) is 0.653. The van der Waals surface area contributed by atoms with Gasteiger partial charge in [0.05, 0.1) is 0 Å². The molecule has 3 heteroatoms. The molecule has 2 bridgehead atoms. The van der Waals surface area contributed by atoms with E-state index in [-0.39, 0.29) is 5.84 Å². The Labute approximate surface area is 121 Å². The van der Waals surface area contributed by atoms with Gasteiger partial charge < -0.3 is 10.6 Å². The molecule has 20 heavy (non-hydrogen) atoms. The van der Waals surface area contributed by atoms with Crippen LogP contribution in [0, 0.1) is 30.1 Å². The van der Waals surface area contributed by atoms with Gasteiger partial charge in [-0.25, -0.2) is 0 Å². The van der Waals surface area contributed by atoms with Crippen LogP contribution in [-0.2, 0) is 0 Å². The zero-order valence-corrected chi connectivity index (χ0v) is 12.5. The van der Waals surface area contributed by atoms with E-state index in [0.29, 0.717) is 0 Å². The molecule has 2 saturated carbocycles. The topological polar surface area (TPSA) is 53.1 Å². The lowest BCUT2D eigenvalue weighted by molar-refractivity contribution is 0.337. The van der Waals surface area contributed by atoms with Crippen LogP contribution in [0.1, 0.15) is 36.8 Å². The summed E-state index contributed by atoms with van der Waals surface area (Å²) in [6, 6.07) is 6.17. The Morgan fingerprint density at radius 3 is 2.75 bits per heavy atom. The lowest BCUT2D eigenvalue weighted by Crippen LogP contribution is -2.30. The average molecular weight is 271 g/mol. The first-order valence-electron chi connectivity index (χ1n) is 7.70. The largest absolute Gasteiger partial charge is 0.384 e. The Kier molecular flexibility index (Phi) is 3.45. The molecular weight excluding hydrogens is 246 g/mol. The maximum absolute atomic E-state index is 7.76. The second-order valence-corrected chi connectivity index (χ2v) is 6.75. The summed E-state index contributed by atoms with van der Waals surface area (Å²) in [6.07, 6.45) is 5.73. The maximum Gasteiger partial charge on any atom is 0.124 e. The SMILES string of the molecule is Cc1ccc(C(=N)N)c(N(C)CC2CC3CCC2C3)c1. The third-order valence-electron chi connectivity index (χ3n) is 5.25. The van der Waals surface area contributed by atoms with Crippen molar-refractivity contribution in [1.29, 1.82) is 5.41 Å². The molecule has 108 valence electrons. The van der Waals surface area contributed by atoms with Crippen molar-refractivity contribution in [3.63, 3.8) is 0 Å². The Morgan fingerprint density at radius 2 is 2.15 bits per heavy atom. The first-order valence-corrected chi connectivity index (χ1v) is 7.70. The van der Waals surface area contributed by atoms with Crippen LogP contribution in [0.25, 0.3) is 0 Å². The molecule has 3 nitrogen and oxygen atoms in total. The zero-order chi connectivity index (χ0) is 14.3. The van der Waals surface area contributed by atoms with Gasteiger partial charge in [0.25, 0.3) is 0 Å². The smallest absolute Gasteiger partial charge is 0.124 e. The third kappa shape index (κ3) is 2.41. The first-order chi connectivity index (χ1) is 9.54. The van der Waals surface area contributed by atoms with E-state index < -0.39 is 0 Å². The normalized spacial score (nSPS) is 27.8. The molecule has 1 aromatic carbocycles. The van der Waals surface area contributed by atoms with Gasteiger partial charge in [0.1, 0.15) is 5.84 Å². The third-order valence-corrected chi connectivity index (χ3v) is 5.25. The number of hydrogen-bond donors (Lipinski definition) is 2. The van der Waals surface area contributed by atoms with Gasteiger partial charge in [-0.2, -0.15) is 0 Å². The summed E-state index contributed by atoms with van der Waals surface area (Å²) in [5, 5.41) is 7.76. The van der Waals surface area contributed by atoms with Gasteiger partial charge in [0.15, 0.2) is 0 Å². The first kappa shape index (κ1) is 13.5. The number of benzene rings is 1. The summed E-state index contributed by atoms with van der Waals surface area (Å²) in [7, 11) is 2.15. The highest BCUT2D eigenvalue weighted by atomic mass is 15.1. The number of nitrogens with zero attached hydrogens (tertiary/aromatic N) is 1. The molecule has 0 aliphatic heterocycles. The molecule has 0 spiro atoms. The van der Waals surface area contributed by atoms with Gasteiger partial charge in [-0.15, -0.1) is 0 Å². The second-order valence-electron chi connectivity index (χ2n) is 6.75. The predicted octanol–water partition coefficient (Wildman–Crippen LogP) is 3.15. The highest BCUT2D eigenvalue weighted by Crippen LogP contribution is 2.48. The summed E-state index contributed by atoms with van der Waals surface area (Å²) in [6.45, 7) is 3.20. The van der Waals surface area contributed by atoms with Gasteiger partial charge in [0.2, 0.25) is 0 Å². The fourth-order valence-electron chi connectivity index (χ4n) is 4.24. The molecule has 2 fully saturated rings. The molecule has 0 amide bonds. The average Bonchev–Trinajstić information content (AvgIpc) is 3.00. The maximum atomic E-state index is 7.76. The molecule has 0 radical (unpaired) electrons.